The number of hydrogen-bond acceptors (Lipinski definition) is 48. The molecule has 9 aliphatic heterocycles. The number of aliphatic hydroxyl groups excluding tert-OH is 25. The van der Waals surface area contributed by atoms with Crippen LogP contribution in [0.25, 0.3) is 0 Å². The number of esters is 3. The summed E-state index contributed by atoms with van der Waals surface area (Å²) in [5.74, 6) is -4.33. The van der Waals surface area contributed by atoms with Crippen molar-refractivity contribution in [2.45, 2.75) is 462 Å². The van der Waals surface area contributed by atoms with E-state index in [4.69, 9.17) is 94.7 Å². The van der Waals surface area contributed by atoms with E-state index >= 15 is 9.59 Å². The van der Waals surface area contributed by atoms with Crippen molar-refractivity contribution in [1.82, 2.24) is 0 Å². The number of fused-ring (bicyclic) bond motifs is 7. The smallest absolute Gasteiger partial charge is 0.333 e. The van der Waals surface area contributed by atoms with Crippen LogP contribution in [0.15, 0.2) is 60.3 Å². The van der Waals surface area contributed by atoms with Gasteiger partial charge >= 0.3 is 17.9 Å². The molecule has 25 N–H and O–H groups in total. The van der Waals surface area contributed by atoms with Gasteiger partial charge in [-0.15, -0.1) is 13.2 Å². The van der Waals surface area contributed by atoms with Gasteiger partial charge in [-0.05, 0) is 159 Å². The van der Waals surface area contributed by atoms with E-state index in [1.165, 1.54) is 46.8 Å². The summed E-state index contributed by atoms with van der Waals surface area (Å²) in [6.07, 6.45) is -66.0. The largest absolute Gasteiger partial charge is 0.458 e. The van der Waals surface area contributed by atoms with Crippen LogP contribution in [-0.2, 0) is 109 Å². The lowest BCUT2D eigenvalue weighted by Crippen LogP contribution is -2.70. The van der Waals surface area contributed by atoms with E-state index in [1.807, 2.05) is 27.7 Å². The number of rotatable bonds is 34. The molecule has 13 fully saturated rings. The Morgan fingerprint density at radius 3 is 1.43 bits per heavy atom. The first-order valence-electron chi connectivity index (χ1n) is 51.6. The van der Waals surface area contributed by atoms with Crippen LogP contribution in [0.5, 0.6) is 0 Å². The fourth-order valence-corrected chi connectivity index (χ4v) is 25.4. The highest BCUT2D eigenvalue weighted by molar-refractivity contribution is 5.88. The van der Waals surface area contributed by atoms with Crippen molar-refractivity contribution < 1.29 is 237 Å². The summed E-state index contributed by atoms with van der Waals surface area (Å²) in [7, 11) is 0. The first-order valence-corrected chi connectivity index (χ1v) is 51.6. The first-order chi connectivity index (χ1) is 69.8. The van der Waals surface area contributed by atoms with Crippen molar-refractivity contribution in [3.8, 4) is 0 Å². The van der Waals surface area contributed by atoms with E-state index in [2.05, 4.69) is 40.0 Å². The Hall–Kier alpha value is -4.57. The Kier molecular flexibility index (Phi) is 37.9. The van der Waals surface area contributed by atoms with E-state index in [0.717, 1.165) is 5.57 Å². The fraction of sp³-hybridized carbons (Fsp3) is 0.871. The number of allylic oxidation sites excluding steroid dienone is 4. The Balaban J connectivity index is 0.709. The zero-order valence-corrected chi connectivity index (χ0v) is 86.3. The maximum atomic E-state index is 16.8. The summed E-state index contributed by atoms with van der Waals surface area (Å²) >= 11 is 0. The molecule has 852 valence electrons. The molecule has 0 spiro atoms. The summed E-state index contributed by atoms with van der Waals surface area (Å²) < 4.78 is 122. The van der Waals surface area contributed by atoms with Crippen LogP contribution in [0.4, 0.5) is 0 Å². The second-order valence-corrected chi connectivity index (χ2v) is 45.7. The molecule has 48 heteroatoms. The van der Waals surface area contributed by atoms with E-state index < -0.39 is 390 Å². The molecule has 0 unspecified atom stereocenters. The molecule has 149 heavy (non-hydrogen) atoms. The van der Waals surface area contributed by atoms with Gasteiger partial charge in [0.25, 0.3) is 0 Å². The highest BCUT2D eigenvalue weighted by atomic mass is 16.8. The molecular formula is C101H160O48. The van der Waals surface area contributed by atoms with Gasteiger partial charge < -0.3 is 222 Å². The van der Waals surface area contributed by atoms with Gasteiger partial charge in [-0.3, -0.25) is 4.79 Å². The average Bonchev–Trinajstić information content (AvgIpc) is 0.788. The van der Waals surface area contributed by atoms with Crippen molar-refractivity contribution >= 4 is 17.9 Å². The average molecular weight is 2140 g/mol. The van der Waals surface area contributed by atoms with E-state index in [-0.39, 0.29) is 61.5 Å². The van der Waals surface area contributed by atoms with E-state index in [0.29, 0.717) is 32.1 Å². The predicted octanol–water partition coefficient (Wildman–Crippen LogP) is -5.54. The van der Waals surface area contributed by atoms with Crippen molar-refractivity contribution in [2.24, 2.45) is 50.2 Å². The maximum Gasteiger partial charge on any atom is 0.333 e. The molecule has 14 aliphatic rings. The third kappa shape index (κ3) is 23.2. The quantitative estimate of drug-likeness (QED) is 0.00939. The molecule has 48 nitrogen and oxygen atoms in total. The van der Waals surface area contributed by atoms with Crippen molar-refractivity contribution in [3.05, 3.63) is 60.3 Å². The van der Waals surface area contributed by atoms with Gasteiger partial charge in [-0.25, -0.2) is 9.59 Å². The summed E-state index contributed by atoms with van der Waals surface area (Å²) in [6, 6.07) is 0. The molecule has 5 aliphatic carbocycles. The van der Waals surface area contributed by atoms with Gasteiger partial charge in [0.1, 0.15) is 182 Å². The van der Waals surface area contributed by atoms with E-state index in [9.17, 15) is 132 Å². The molecule has 9 heterocycles. The molecule has 14 rings (SSSR count). The molecule has 0 aromatic carbocycles. The lowest BCUT2D eigenvalue weighted by molar-refractivity contribution is -0.390. The van der Waals surface area contributed by atoms with Gasteiger partial charge in [0, 0.05) is 23.0 Å². The molecule has 4 saturated carbocycles. The van der Waals surface area contributed by atoms with Crippen LogP contribution < -0.4 is 0 Å². The van der Waals surface area contributed by atoms with Gasteiger partial charge in [0.05, 0.1) is 81.4 Å². The number of ether oxygens (including phenoxy) is 20. The van der Waals surface area contributed by atoms with Crippen molar-refractivity contribution in [1.29, 1.82) is 0 Å². The number of aliphatic hydroxyl groups is 25. The third-order valence-corrected chi connectivity index (χ3v) is 35.3. The lowest BCUT2D eigenvalue weighted by Gasteiger charge is -2.72. The standard InChI is InChI=1S/C101H160O48/c1-17-96(12,148-89-74(124)65(115)58(108)42(5)133-89)28-20-22-41(4)83(128)142-77-43(6)135-90(75(125)69(77)119)149-97(13,18-2)27-19-21-40(3)82(127)140-57-33-101(93(129)147-92-81(68(118)62(112)50(35-103)138-92)146-88-76(126)79(144-87-73(123)66(116)61(111)49(34-102)136-87)78(44(7)134-88)143-86-71(121)63(113)51(36-104)137-86)46(31-94(57,8)9)45-23-24-54-98(14)29-26-56(95(10,11)53(98)25-30-99(54,15)100(45,16)32-55(101)107)141-85-72(122)67(117)64(114)52(139-85)39-132-91-80(60(110)48(106)38-131-91)145-84-70(120)59(109)47(105)37-130-84/h17-18,21-23,42-44,46-81,84-92,102-126H,1-2,19-20,24-39H2,3-16H3/b40-21+,41-22+/t42-,43-,44+,46+,47-,48+,49-,50-,51+,52-,53+,54-,55-,56+,57+,58-,59+,60+,61-,62-,63+,64-,65+,66+,67+,68+,69-,70-,71-,72-,73-,74-,75-,76-,77-,78+,79+,80-,81-,84+,85+,86+,87+,88+,89+,90+,91+,92+,96-,97-,98+,99-,100-,101-/m1/s1. The predicted molar refractivity (Wildman–Crippen MR) is 502 cm³/mol. The zero-order valence-electron chi connectivity index (χ0n) is 86.3. The van der Waals surface area contributed by atoms with Gasteiger partial charge in [0.15, 0.2) is 62.5 Å². The minimum atomic E-state index is -2.28. The van der Waals surface area contributed by atoms with Crippen LogP contribution in [0.3, 0.4) is 0 Å². The SMILES string of the molecule is C=C[C@](C)(CC/C=C(\C)C(=O)O[C@H]1[C@H](O)[C@@H](O)[C@H](O[C@](C)(C=C)CC/C=C(\C)C(=O)O[C@H]2C[C@]3(C(=O)O[C@@H]4O[C@H](CO)[C@@H](O)[C@H](O)[C@H]4O[C@@H]4O[C@@H](C)[C@H](O[C@@H]5O[C@@H](CO)[C@H](O)[C@H]5O)[C@@H](O[C@@H]5O[C@H](CO)[C@@H](O)[C@H](O)[C@H]5O)[C@H]4O)[C@H](O)C[C@]4(C)C(=CC[C@@H]5[C@@]6(C)CC[C@H](O[C@@H]7O[C@H](CO[C@@H]8OC[C@H](O)[C@H](O)[C@H]8O[C@@H]8OC[C@@H](O)[C@H](O)[C@H]8O)[C@@H](O)[C@H](O)[C@H]7O)C(C)(C)[C@@H]6CC[C@]54C)[C@@H]3CC2(C)C)O[C@@H]1C)O[C@@H]1O[C@H](C)[C@@H](O)[C@H](O)[C@H]1O. The van der Waals surface area contributed by atoms with Gasteiger partial charge in [-0.1, -0.05) is 84.4 Å². The Morgan fingerprint density at radius 1 is 0.416 bits per heavy atom. The molecule has 0 aromatic rings. The molecule has 0 bridgehead atoms. The first kappa shape index (κ1) is 120. The monoisotopic (exact) mass is 2140 g/mol. The Labute approximate surface area is 862 Å². The Bertz CT molecular complexity index is 4610. The number of carbonyl (C=O) groups is 3. The highest BCUT2D eigenvalue weighted by Crippen LogP contribution is 2.77. The topological polar surface area (TPSA) is 742 Å². The molecule has 0 amide bonds. The van der Waals surface area contributed by atoms with E-state index in [1.54, 1.807) is 26.0 Å². The summed E-state index contributed by atoms with van der Waals surface area (Å²) in [4.78, 5) is 45.6. The molecule has 9 saturated heterocycles. The summed E-state index contributed by atoms with van der Waals surface area (Å²) in [6.45, 7) is 28.3. The third-order valence-electron chi connectivity index (χ3n) is 35.3. The molecule has 54 atom stereocenters. The second-order valence-electron chi connectivity index (χ2n) is 45.7. The van der Waals surface area contributed by atoms with Crippen LogP contribution >= 0.6 is 0 Å². The minimum absolute atomic E-state index is 0.0127. The van der Waals surface area contributed by atoms with Crippen LogP contribution in [0.1, 0.15) is 174 Å². The van der Waals surface area contributed by atoms with Crippen LogP contribution in [0, 0.1) is 50.2 Å². The zero-order chi connectivity index (χ0) is 110. The molecule has 0 aromatic heterocycles. The summed E-state index contributed by atoms with van der Waals surface area (Å²) in [5, 5.41) is 279. The van der Waals surface area contributed by atoms with Gasteiger partial charge in [0.2, 0.25) is 6.29 Å². The summed E-state index contributed by atoms with van der Waals surface area (Å²) in [5.41, 5.74) is -7.98. The van der Waals surface area contributed by atoms with Gasteiger partial charge in [-0.2, -0.15) is 0 Å². The van der Waals surface area contributed by atoms with Crippen LogP contribution in [-0.4, -0.2) is 473 Å². The molecular weight excluding hydrogens is 1980 g/mol. The van der Waals surface area contributed by atoms with Crippen molar-refractivity contribution in [2.75, 3.05) is 39.6 Å². The normalized spacial score (nSPS) is 49.4. The molecule has 0 radical (unpaired) electrons. The lowest BCUT2D eigenvalue weighted by atomic mass is 9.33. The maximum absolute atomic E-state index is 16.8. The minimum Gasteiger partial charge on any atom is -0.458 e. The number of hydrogen-bond donors (Lipinski definition) is 25. The van der Waals surface area contributed by atoms with Crippen LogP contribution in [0.2, 0.25) is 0 Å². The fourth-order valence-electron chi connectivity index (χ4n) is 25.4. The number of carbonyl (C=O) groups excluding carboxylic acids is 3. The Morgan fingerprint density at radius 2 is 0.852 bits per heavy atom. The highest BCUT2D eigenvalue weighted by Gasteiger charge is 2.74. The van der Waals surface area contributed by atoms with Crippen molar-refractivity contribution in [3.63, 3.8) is 0 Å². The second kappa shape index (κ2) is 47.1.